The van der Waals surface area contributed by atoms with Crippen molar-refractivity contribution in [1.82, 2.24) is 15.0 Å². The van der Waals surface area contributed by atoms with Crippen molar-refractivity contribution in [2.24, 2.45) is 5.73 Å². The molecule has 0 aliphatic carbocycles. The third-order valence-electron chi connectivity index (χ3n) is 3.15. The van der Waals surface area contributed by atoms with E-state index in [4.69, 9.17) is 15.2 Å². The molecule has 0 fully saturated rings. The number of ether oxygens (including phenoxy) is 2. The maximum atomic E-state index is 5.65. The summed E-state index contributed by atoms with van der Waals surface area (Å²) < 4.78 is 10.9. The number of fused-ring (bicyclic) bond motifs is 1. The Bertz CT molecular complexity index is 727. The number of benzene rings is 1. The summed E-state index contributed by atoms with van der Waals surface area (Å²) in [6, 6.07) is 9.63. The first kappa shape index (κ1) is 14.5. The molecule has 1 aromatic carbocycles. The summed E-state index contributed by atoms with van der Waals surface area (Å²) in [5, 5.41) is 0. The Labute approximate surface area is 128 Å². The Kier molecular flexibility index (Phi) is 4.62. The zero-order valence-corrected chi connectivity index (χ0v) is 12.2. The second-order valence-electron chi connectivity index (χ2n) is 4.76. The third-order valence-corrected chi connectivity index (χ3v) is 3.15. The van der Waals surface area contributed by atoms with Crippen LogP contribution >= 0.6 is 0 Å². The molecule has 6 heteroatoms. The lowest BCUT2D eigenvalue weighted by Crippen LogP contribution is -2.13. The molecule has 0 aliphatic heterocycles. The Morgan fingerprint density at radius 1 is 1.14 bits per heavy atom. The van der Waals surface area contributed by atoms with Gasteiger partial charge in [0, 0.05) is 30.6 Å². The lowest BCUT2D eigenvalue weighted by atomic mass is 10.3. The van der Waals surface area contributed by atoms with E-state index in [1.165, 1.54) is 0 Å². The highest BCUT2D eigenvalue weighted by Crippen LogP contribution is 2.23. The van der Waals surface area contributed by atoms with Crippen LogP contribution in [0.25, 0.3) is 22.4 Å². The fraction of sp³-hybridized carbons (Fsp3) is 0.250. The van der Waals surface area contributed by atoms with Crippen LogP contribution in [-0.2, 0) is 4.74 Å². The number of nitrogens with zero attached hydrogens (tertiary/aromatic N) is 2. The number of aromatic amines is 1. The van der Waals surface area contributed by atoms with Gasteiger partial charge in [-0.25, -0.2) is 4.98 Å². The minimum absolute atomic E-state index is 0.495. The van der Waals surface area contributed by atoms with Crippen molar-refractivity contribution < 1.29 is 9.47 Å². The van der Waals surface area contributed by atoms with E-state index in [9.17, 15) is 0 Å². The van der Waals surface area contributed by atoms with Crippen molar-refractivity contribution in [3.05, 3.63) is 42.7 Å². The Balaban J connectivity index is 1.70. The van der Waals surface area contributed by atoms with Crippen molar-refractivity contribution >= 4 is 11.0 Å². The first-order valence-corrected chi connectivity index (χ1v) is 7.17. The predicted molar refractivity (Wildman–Crippen MR) is 84.7 cm³/mol. The van der Waals surface area contributed by atoms with Crippen LogP contribution in [0.15, 0.2) is 42.7 Å². The normalized spacial score (nSPS) is 11.0. The van der Waals surface area contributed by atoms with Gasteiger partial charge in [0.2, 0.25) is 0 Å². The van der Waals surface area contributed by atoms with Gasteiger partial charge in [-0.1, -0.05) is 0 Å². The standard InChI is InChI=1S/C16H18N4O2/c17-5-7-21-8-9-22-13-3-4-14-15(10-13)20-16(19-14)12-2-1-6-18-11-12/h1-4,6,10-11H,5,7-9,17H2,(H,19,20). The minimum atomic E-state index is 0.495. The quantitative estimate of drug-likeness (QED) is 0.651. The highest BCUT2D eigenvalue weighted by Gasteiger charge is 2.06. The minimum Gasteiger partial charge on any atom is -0.491 e. The Hall–Kier alpha value is -2.44. The SMILES string of the molecule is NCCOCCOc1ccc2nc(-c3cccnc3)[nH]c2c1. The van der Waals surface area contributed by atoms with Gasteiger partial charge in [0.25, 0.3) is 0 Å². The summed E-state index contributed by atoms with van der Waals surface area (Å²) >= 11 is 0. The number of rotatable bonds is 7. The van der Waals surface area contributed by atoms with E-state index in [2.05, 4.69) is 15.0 Å². The first-order valence-electron chi connectivity index (χ1n) is 7.17. The van der Waals surface area contributed by atoms with E-state index in [0.29, 0.717) is 26.4 Å². The maximum Gasteiger partial charge on any atom is 0.140 e. The summed E-state index contributed by atoms with van der Waals surface area (Å²) in [6.07, 6.45) is 3.52. The summed E-state index contributed by atoms with van der Waals surface area (Å²) in [7, 11) is 0. The molecule has 114 valence electrons. The number of H-pyrrole nitrogens is 1. The second kappa shape index (κ2) is 7.02. The van der Waals surface area contributed by atoms with Gasteiger partial charge in [-0.2, -0.15) is 0 Å². The molecule has 0 spiro atoms. The molecular weight excluding hydrogens is 280 g/mol. The fourth-order valence-corrected chi connectivity index (χ4v) is 2.12. The molecule has 0 bridgehead atoms. The topological polar surface area (TPSA) is 86.1 Å². The van der Waals surface area contributed by atoms with E-state index >= 15 is 0 Å². The molecule has 3 rings (SSSR count). The van der Waals surface area contributed by atoms with Gasteiger partial charge >= 0.3 is 0 Å². The number of nitrogens with two attached hydrogens (primary N) is 1. The number of pyridine rings is 1. The van der Waals surface area contributed by atoms with Gasteiger partial charge in [0.05, 0.1) is 24.2 Å². The van der Waals surface area contributed by atoms with Crippen LogP contribution in [-0.4, -0.2) is 41.3 Å². The summed E-state index contributed by atoms with van der Waals surface area (Å²) in [5.74, 6) is 1.58. The Morgan fingerprint density at radius 3 is 2.91 bits per heavy atom. The number of imidazole rings is 1. The van der Waals surface area contributed by atoms with Crippen LogP contribution in [0.2, 0.25) is 0 Å². The molecule has 0 radical (unpaired) electrons. The average Bonchev–Trinajstić information content (AvgIpc) is 2.99. The number of nitrogens with one attached hydrogen (secondary N) is 1. The smallest absolute Gasteiger partial charge is 0.140 e. The predicted octanol–water partition coefficient (Wildman–Crippen LogP) is 1.98. The average molecular weight is 298 g/mol. The zero-order chi connectivity index (χ0) is 15.2. The van der Waals surface area contributed by atoms with Gasteiger partial charge in [0.15, 0.2) is 0 Å². The van der Waals surface area contributed by atoms with Crippen LogP contribution in [0.5, 0.6) is 5.75 Å². The second-order valence-corrected chi connectivity index (χ2v) is 4.76. The molecule has 0 aliphatic rings. The molecule has 0 saturated carbocycles. The first-order chi connectivity index (χ1) is 10.9. The molecule has 2 heterocycles. The van der Waals surface area contributed by atoms with Gasteiger partial charge < -0.3 is 20.2 Å². The van der Waals surface area contributed by atoms with E-state index in [-0.39, 0.29) is 0 Å². The molecule has 6 nitrogen and oxygen atoms in total. The molecule has 0 unspecified atom stereocenters. The van der Waals surface area contributed by atoms with Gasteiger partial charge in [-0.05, 0) is 24.3 Å². The number of aromatic nitrogens is 3. The largest absolute Gasteiger partial charge is 0.491 e. The van der Waals surface area contributed by atoms with Crippen molar-refractivity contribution in [2.75, 3.05) is 26.4 Å². The molecule has 3 aromatic rings. The van der Waals surface area contributed by atoms with Crippen molar-refractivity contribution in [3.8, 4) is 17.1 Å². The molecule has 3 N–H and O–H groups in total. The lowest BCUT2D eigenvalue weighted by Gasteiger charge is -2.06. The van der Waals surface area contributed by atoms with E-state index < -0.39 is 0 Å². The zero-order valence-electron chi connectivity index (χ0n) is 12.2. The number of hydrogen-bond donors (Lipinski definition) is 2. The van der Waals surface area contributed by atoms with Crippen molar-refractivity contribution in [3.63, 3.8) is 0 Å². The van der Waals surface area contributed by atoms with E-state index in [1.54, 1.807) is 12.4 Å². The fourth-order valence-electron chi connectivity index (χ4n) is 2.12. The van der Waals surface area contributed by atoms with E-state index in [0.717, 1.165) is 28.2 Å². The van der Waals surface area contributed by atoms with Crippen LogP contribution < -0.4 is 10.5 Å². The van der Waals surface area contributed by atoms with Gasteiger partial charge in [-0.3, -0.25) is 4.98 Å². The lowest BCUT2D eigenvalue weighted by molar-refractivity contribution is 0.106. The van der Waals surface area contributed by atoms with Crippen LogP contribution in [0.3, 0.4) is 0 Å². The molecule has 0 atom stereocenters. The summed E-state index contributed by atoms with van der Waals surface area (Å²) in [6.45, 7) is 2.10. The molecule has 2 aromatic heterocycles. The van der Waals surface area contributed by atoms with Crippen LogP contribution in [0, 0.1) is 0 Å². The molecule has 0 saturated heterocycles. The van der Waals surface area contributed by atoms with Gasteiger partial charge in [0.1, 0.15) is 18.2 Å². The monoisotopic (exact) mass is 298 g/mol. The van der Waals surface area contributed by atoms with Crippen molar-refractivity contribution in [1.29, 1.82) is 0 Å². The highest BCUT2D eigenvalue weighted by molar-refractivity contribution is 5.80. The Morgan fingerprint density at radius 2 is 2.09 bits per heavy atom. The van der Waals surface area contributed by atoms with Crippen molar-refractivity contribution in [2.45, 2.75) is 0 Å². The summed E-state index contributed by atoms with van der Waals surface area (Å²) in [4.78, 5) is 11.9. The number of hydrogen-bond acceptors (Lipinski definition) is 5. The van der Waals surface area contributed by atoms with Crippen LogP contribution in [0.1, 0.15) is 0 Å². The molecule has 22 heavy (non-hydrogen) atoms. The molecular formula is C16H18N4O2. The van der Waals surface area contributed by atoms with Crippen LogP contribution in [0.4, 0.5) is 0 Å². The molecule has 0 amide bonds. The van der Waals surface area contributed by atoms with Gasteiger partial charge in [-0.15, -0.1) is 0 Å². The summed E-state index contributed by atoms with van der Waals surface area (Å²) in [5.41, 5.74) is 8.13. The highest BCUT2D eigenvalue weighted by atomic mass is 16.5. The van der Waals surface area contributed by atoms with E-state index in [1.807, 2.05) is 30.3 Å². The third kappa shape index (κ3) is 3.41. The maximum absolute atomic E-state index is 5.65.